The molecule has 0 saturated heterocycles. The Kier molecular flexibility index (Phi) is 3.54. The standard InChI is InChI=1S/C11H15NO2/c1-4-9(12)8-6-5-7-10(13-2)11(8)14-3/h4-7,9H,1,12H2,2-3H3/t9-/m0/s1. The summed E-state index contributed by atoms with van der Waals surface area (Å²) >= 11 is 0. The molecule has 0 unspecified atom stereocenters. The van der Waals surface area contributed by atoms with Crippen LogP contribution in [-0.2, 0) is 0 Å². The number of nitrogens with two attached hydrogens (primary N) is 1. The highest BCUT2D eigenvalue weighted by atomic mass is 16.5. The molecule has 0 aliphatic rings. The number of hydrogen-bond donors (Lipinski definition) is 1. The van der Waals surface area contributed by atoms with Gasteiger partial charge in [0.05, 0.1) is 20.3 Å². The summed E-state index contributed by atoms with van der Waals surface area (Å²) in [6.45, 7) is 3.65. The van der Waals surface area contributed by atoms with Gasteiger partial charge >= 0.3 is 0 Å². The van der Waals surface area contributed by atoms with Gasteiger partial charge in [0.15, 0.2) is 11.5 Å². The Hall–Kier alpha value is -1.48. The fraction of sp³-hybridized carbons (Fsp3) is 0.273. The molecule has 76 valence electrons. The van der Waals surface area contributed by atoms with Crippen molar-refractivity contribution in [1.82, 2.24) is 0 Å². The first-order chi connectivity index (χ1) is 6.74. The van der Waals surface area contributed by atoms with Crippen molar-refractivity contribution in [1.29, 1.82) is 0 Å². The van der Waals surface area contributed by atoms with Crippen LogP contribution in [0.15, 0.2) is 30.9 Å². The van der Waals surface area contributed by atoms with E-state index in [0.29, 0.717) is 11.5 Å². The molecule has 3 nitrogen and oxygen atoms in total. The molecule has 0 fully saturated rings. The Labute approximate surface area is 84.1 Å². The van der Waals surface area contributed by atoms with Crippen molar-refractivity contribution in [2.45, 2.75) is 6.04 Å². The van der Waals surface area contributed by atoms with E-state index in [1.165, 1.54) is 0 Å². The van der Waals surface area contributed by atoms with E-state index in [2.05, 4.69) is 6.58 Å². The van der Waals surface area contributed by atoms with Crippen molar-refractivity contribution in [2.24, 2.45) is 5.73 Å². The van der Waals surface area contributed by atoms with Crippen LogP contribution in [0.3, 0.4) is 0 Å². The molecular formula is C11H15NO2. The first-order valence-corrected chi connectivity index (χ1v) is 4.33. The highest BCUT2D eigenvalue weighted by Gasteiger charge is 2.12. The lowest BCUT2D eigenvalue weighted by atomic mass is 10.1. The van der Waals surface area contributed by atoms with E-state index in [4.69, 9.17) is 15.2 Å². The normalized spacial score (nSPS) is 11.9. The molecule has 0 heterocycles. The predicted octanol–water partition coefficient (Wildman–Crippen LogP) is 1.89. The second-order valence-electron chi connectivity index (χ2n) is 2.84. The summed E-state index contributed by atoms with van der Waals surface area (Å²) in [4.78, 5) is 0. The number of hydrogen-bond acceptors (Lipinski definition) is 3. The van der Waals surface area contributed by atoms with Crippen molar-refractivity contribution >= 4 is 0 Å². The Morgan fingerprint density at radius 1 is 1.36 bits per heavy atom. The van der Waals surface area contributed by atoms with Crippen LogP contribution in [0.5, 0.6) is 11.5 Å². The van der Waals surface area contributed by atoms with Crippen molar-refractivity contribution < 1.29 is 9.47 Å². The Morgan fingerprint density at radius 3 is 2.57 bits per heavy atom. The molecule has 2 N–H and O–H groups in total. The number of methoxy groups -OCH3 is 2. The zero-order valence-electron chi connectivity index (χ0n) is 8.49. The van der Waals surface area contributed by atoms with E-state index in [-0.39, 0.29) is 6.04 Å². The molecule has 1 atom stereocenters. The highest BCUT2D eigenvalue weighted by Crippen LogP contribution is 2.33. The first kappa shape index (κ1) is 10.6. The van der Waals surface area contributed by atoms with E-state index in [0.717, 1.165) is 5.56 Å². The summed E-state index contributed by atoms with van der Waals surface area (Å²) < 4.78 is 10.4. The summed E-state index contributed by atoms with van der Waals surface area (Å²) in [6.07, 6.45) is 1.66. The van der Waals surface area contributed by atoms with E-state index in [1.54, 1.807) is 20.3 Å². The van der Waals surface area contributed by atoms with Gasteiger partial charge in [-0.2, -0.15) is 0 Å². The van der Waals surface area contributed by atoms with E-state index < -0.39 is 0 Å². The maximum atomic E-state index is 5.84. The van der Waals surface area contributed by atoms with Gasteiger partial charge in [0.2, 0.25) is 0 Å². The molecule has 3 heteroatoms. The molecule has 14 heavy (non-hydrogen) atoms. The lowest BCUT2D eigenvalue weighted by Crippen LogP contribution is -2.08. The highest BCUT2D eigenvalue weighted by molar-refractivity contribution is 5.48. The number of ether oxygens (including phenoxy) is 2. The summed E-state index contributed by atoms with van der Waals surface area (Å²) in [5.74, 6) is 1.35. The molecule has 0 bridgehead atoms. The maximum absolute atomic E-state index is 5.84. The largest absolute Gasteiger partial charge is 0.493 e. The molecule has 0 spiro atoms. The van der Waals surface area contributed by atoms with Crippen LogP contribution in [0.1, 0.15) is 11.6 Å². The SMILES string of the molecule is C=C[C@H](N)c1cccc(OC)c1OC. The predicted molar refractivity (Wildman–Crippen MR) is 56.7 cm³/mol. The zero-order chi connectivity index (χ0) is 10.6. The molecule has 0 aromatic heterocycles. The van der Waals surface area contributed by atoms with Gasteiger partial charge in [-0.05, 0) is 6.07 Å². The van der Waals surface area contributed by atoms with Crippen LogP contribution in [0.2, 0.25) is 0 Å². The van der Waals surface area contributed by atoms with Gasteiger partial charge in [-0.1, -0.05) is 18.2 Å². The van der Waals surface area contributed by atoms with Gasteiger partial charge in [0, 0.05) is 5.56 Å². The van der Waals surface area contributed by atoms with Gasteiger partial charge in [-0.15, -0.1) is 6.58 Å². The van der Waals surface area contributed by atoms with E-state index >= 15 is 0 Å². The molecule has 1 aromatic carbocycles. The molecule has 1 rings (SSSR count). The third kappa shape index (κ3) is 1.88. The monoisotopic (exact) mass is 193 g/mol. The van der Waals surface area contributed by atoms with Crippen molar-refractivity contribution in [2.75, 3.05) is 14.2 Å². The van der Waals surface area contributed by atoms with Crippen molar-refractivity contribution in [3.8, 4) is 11.5 Å². The van der Waals surface area contributed by atoms with Gasteiger partial charge in [0.1, 0.15) is 0 Å². The van der Waals surface area contributed by atoms with Gasteiger partial charge < -0.3 is 15.2 Å². The topological polar surface area (TPSA) is 44.5 Å². The molecule has 1 aromatic rings. The first-order valence-electron chi connectivity index (χ1n) is 4.33. The third-order valence-corrected chi connectivity index (χ3v) is 2.05. The minimum atomic E-state index is -0.236. The van der Waals surface area contributed by atoms with Crippen molar-refractivity contribution in [3.63, 3.8) is 0 Å². The second kappa shape index (κ2) is 4.67. The number of rotatable bonds is 4. The Balaban J connectivity index is 3.21. The minimum absolute atomic E-state index is 0.236. The van der Waals surface area contributed by atoms with Gasteiger partial charge in [-0.3, -0.25) is 0 Å². The van der Waals surface area contributed by atoms with Crippen LogP contribution in [0.4, 0.5) is 0 Å². The average Bonchev–Trinajstić information content (AvgIpc) is 2.26. The Bertz CT molecular complexity index is 323. The third-order valence-electron chi connectivity index (χ3n) is 2.05. The van der Waals surface area contributed by atoms with Crippen LogP contribution in [0.25, 0.3) is 0 Å². The second-order valence-corrected chi connectivity index (χ2v) is 2.84. The van der Waals surface area contributed by atoms with Crippen LogP contribution in [0, 0.1) is 0 Å². The summed E-state index contributed by atoms with van der Waals surface area (Å²) in [5.41, 5.74) is 6.72. The summed E-state index contributed by atoms with van der Waals surface area (Å²) in [5, 5.41) is 0. The summed E-state index contributed by atoms with van der Waals surface area (Å²) in [6, 6.07) is 5.37. The van der Waals surface area contributed by atoms with Crippen LogP contribution in [-0.4, -0.2) is 14.2 Å². The smallest absolute Gasteiger partial charge is 0.165 e. The minimum Gasteiger partial charge on any atom is -0.493 e. The zero-order valence-corrected chi connectivity index (χ0v) is 8.49. The lowest BCUT2D eigenvalue weighted by Gasteiger charge is -2.14. The van der Waals surface area contributed by atoms with Crippen LogP contribution >= 0.6 is 0 Å². The quantitative estimate of drug-likeness (QED) is 0.743. The number of benzene rings is 1. The number of para-hydroxylation sites is 1. The van der Waals surface area contributed by atoms with E-state index in [1.807, 2.05) is 18.2 Å². The van der Waals surface area contributed by atoms with Crippen LogP contribution < -0.4 is 15.2 Å². The fourth-order valence-corrected chi connectivity index (χ4v) is 1.30. The molecule has 0 aliphatic carbocycles. The molecule has 0 saturated carbocycles. The fourth-order valence-electron chi connectivity index (χ4n) is 1.30. The van der Waals surface area contributed by atoms with E-state index in [9.17, 15) is 0 Å². The molecule has 0 radical (unpaired) electrons. The Morgan fingerprint density at radius 2 is 2.07 bits per heavy atom. The lowest BCUT2D eigenvalue weighted by molar-refractivity contribution is 0.351. The molecular weight excluding hydrogens is 178 g/mol. The van der Waals surface area contributed by atoms with Crippen molar-refractivity contribution in [3.05, 3.63) is 36.4 Å². The average molecular weight is 193 g/mol. The van der Waals surface area contributed by atoms with Gasteiger partial charge in [0.25, 0.3) is 0 Å². The summed E-state index contributed by atoms with van der Waals surface area (Å²) in [7, 11) is 3.19. The van der Waals surface area contributed by atoms with Gasteiger partial charge in [-0.25, -0.2) is 0 Å². The molecule has 0 amide bonds. The maximum Gasteiger partial charge on any atom is 0.165 e. The molecule has 0 aliphatic heterocycles.